The molecule has 3 saturated heterocycles. The van der Waals surface area contributed by atoms with Crippen molar-refractivity contribution in [2.45, 2.75) is 69.2 Å². The van der Waals surface area contributed by atoms with E-state index >= 15 is 0 Å². The third kappa shape index (κ3) is 3.96. The van der Waals surface area contributed by atoms with Gasteiger partial charge in [0.15, 0.2) is 0 Å². The first-order valence-electron chi connectivity index (χ1n) is 12.6. The van der Waals surface area contributed by atoms with Crippen LogP contribution < -0.4 is 0 Å². The lowest BCUT2D eigenvalue weighted by Gasteiger charge is -2.39. The summed E-state index contributed by atoms with van der Waals surface area (Å²) in [5, 5.41) is 20.6. The number of ether oxygens (including phenoxy) is 1. The van der Waals surface area contributed by atoms with Gasteiger partial charge in [0.1, 0.15) is 11.6 Å². The van der Waals surface area contributed by atoms with Gasteiger partial charge in [0.2, 0.25) is 11.8 Å². The number of hydrogen-bond donors (Lipinski definition) is 2. The van der Waals surface area contributed by atoms with Crippen LogP contribution in [0.15, 0.2) is 43.0 Å². The number of carbonyl (C=O) groups is 3. The lowest BCUT2D eigenvalue weighted by molar-refractivity contribution is -0.158. The number of hydrogen-bond acceptors (Lipinski definition) is 5. The van der Waals surface area contributed by atoms with E-state index in [0.29, 0.717) is 31.5 Å². The van der Waals surface area contributed by atoms with Crippen LogP contribution in [0.4, 0.5) is 0 Å². The van der Waals surface area contributed by atoms with Crippen molar-refractivity contribution in [1.29, 1.82) is 0 Å². The quantitative estimate of drug-likeness (QED) is 0.369. The molecule has 190 valence electrons. The minimum Gasteiger partial charge on any atom is -0.481 e. The highest BCUT2D eigenvalue weighted by molar-refractivity contribution is 5.98. The summed E-state index contributed by atoms with van der Waals surface area (Å²) in [7, 11) is 0. The van der Waals surface area contributed by atoms with Gasteiger partial charge in [-0.2, -0.15) is 0 Å². The van der Waals surface area contributed by atoms with Gasteiger partial charge in [-0.1, -0.05) is 56.2 Å². The van der Waals surface area contributed by atoms with Gasteiger partial charge in [-0.05, 0) is 31.7 Å². The van der Waals surface area contributed by atoms with Crippen molar-refractivity contribution in [2.24, 2.45) is 11.8 Å². The Kier molecular flexibility index (Phi) is 7.06. The normalized spacial score (nSPS) is 31.9. The van der Waals surface area contributed by atoms with E-state index in [1.807, 2.05) is 18.2 Å². The Morgan fingerprint density at radius 2 is 2.00 bits per heavy atom. The van der Waals surface area contributed by atoms with Crippen LogP contribution in [0.1, 0.15) is 57.6 Å². The third-order valence-electron chi connectivity index (χ3n) is 8.10. The van der Waals surface area contributed by atoms with Crippen molar-refractivity contribution in [2.75, 3.05) is 19.7 Å². The number of nitrogens with zero attached hydrogens (tertiary/aromatic N) is 2. The molecule has 3 heterocycles. The average Bonchev–Trinajstić information content (AvgIpc) is 3.41. The molecule has 35 heavy (non-hydrogen) atoms. The molecule has 2 bridgehead atoms. The zero-order chi connectivity index (χ0) is 25.4. The van der Waals surface area contributed by atoms with Gasteiger partial charge in [-0.25, -0.2) is 0 Å². The summed E-state index contributed by atoms with van der Waals surface area (Å²) in [6.45, 7) is 8.06. The molecule has 4 rings (SSSR count). The van der Waals surface area contributed by atoms with Gasteiger partial charge in [0.05, 0.1) is 30.1 Å². The maximum absolute atomic E-state index is 14.2. The second-order valence-corrected chi connectivity index (χ2v) is 10.2. The molecule has 2 amide bonds. The predicted molar refractivity (Wildman–Crippen MR) is 129 cm³/mol. The number of likely N-dealkylation sites (tertiary alicyclic amines) is 1. The molecular weight excluding hydrogens is 448 g/mol. The lowest BCUT2D eigenvalue weighted by atomic mass is 9.66. The van der Waals surface area contributed by atoms with Crippen molar-refractivity contribution in [3.8, 4) is 0 Å². The number of carboxylic acid groups (broad SMARTS) is 1. The van der Waals surface area contributed by atoms with Gasteiger partial charge in [-0.3, -0.25) is 14.4 Å². The fourth-order valence-corrected chi connectivity index (χ4v) is 6.56. The molecule has 2 N–H and O–H groups in total. The molecule has 1 aromatic carbocycles. The van der Waals surface area contributed by atoms with E-state index in [-0.39, 0.29) is 5.91 Å². The zero-order valence-corrected chi connectivity index (χ0v) is 20.6. The second-order valence-electron chi connectivity index (χ2n) is 10.2. The highest BCUT2D eigenvalue weighted by atomic mass is 16.5. The van der Waals surface area contributed by atoms with Gasteiger partial charge in [-0.15, -0.1) is 6.58 Å². The van der Waals surface area contributed by atoms with Crippen molar-refractivity contribution >= 4 is 17.8 Å². The molecule has 1 aromatic rings. The number of amides is 2. The molecule has 2 unspecified atom stereocenters. The highest BCUT2D eigenvalue weighted by Crippen LogP contribution is 2.64. The number of fused-ring (bicyclic) bond motifs is 1. The van der Waals surface area contributed by atoms with Crippen LogP contribution in [-0.2, 0) is 19.1 Å². The number of carboxylic acids is 1. The van der Waals surface area contributed by atoms with E-state index in [1.54, 1.807) is 30.0 Å². The zero-order valence-electron chi connectivity index (χ0n) is 20.6. The molecule has 3 aliphatic rings. The van der Waals surface area contributed by atoms with E-state index in [9.17, 15) is 24.6 Å². The second kappa shape index (κ2) is 9.74. The Balaban J connectivity index is 1.82. The van der Waals surface area contributed by atoms with E-state index in [1.165, 1.54) is 4.90 Å². The van der Waals surface area contributed by atoms with Crippen LogP contribution in [0, 0.1) is 11.8 Å². The minimum absolute atomic E-state index is 0.276. The molecule has 6 atom stereocenters. The molecule has 1 spiro atoms. The lowest BCUT2D eigenvalue weighted by Crippen LogP contribution is -2.57. The summed E-state index contributed by atoms with van der Waals surface area (Å²) in [5.41, 5.74) is -1.56. The number of aliphatic carboxylic acids is 1. The Labute approximate surface area is 206 Å². The summed E-state index contributed by atoms with van der Waals surface area (Å²) in [4.78, 5) is 43.8. The topological polar surface area (TPSA) is 107 Å². The largest absolute Gasteiger partial charge is 0.481 e. The first kappa shape index (κ1) is 25.4. The number of carbonyl (C=O) groups excluding carboxylic acids is 2. The average molecular weight is 485 g/mol. The monoisotopic (exact) mass is 484 g/mol. The van der Waals surface area contributed by atoms with E-state index in [4.69, 9.17) is 4.74 Å². The number of aliphatic hydroxyl groups excluding tert-OH is 1. The van der Waals surface area contributed by atoms with E-state index in [2.05, 4.69) is 13.5 Å². The van der Waals surface area contributed by atoms with Gasteiger partial charge >= 0.3 is 5.97 Å². The molecule has 0 saturated carbocycles. The number of benzene rings is 1. The van der Waals surface area contributed by atoms with Crippen LogP contribution in [0.2, 0.25) is 0 Å². The first-order valence-corrected chi connectivity index (χ1v) is 12.6. The smallest absolute Gasteiger partial charge is 0.310 e. The minimum atomic E-state index is -1.24. The molecule has 0 aromatic heterocycles. The molecule has 8 nitrogen and oxygen atoms in total. The Morgan fingerprint density at radius 1 is 1.29 bits per heavy atom. The van der Waals surface area contributed by atoms with Crippen molar-refractivity contribution in [3.05, 3.63) is 48.6 Å². The predicted octanol–water partition coefficient (Wildman–Crippen LogP) is 2.77. The van der Waals surface area contributed by atoms with Crippen molar-refractivity contribution in [1.82, 2.24) is 9.80 Å². The molecule has 3 fully saturated rings. The van der Waals surface area contributed by atoms with Crippen LogP contribution in [-0.4, -0.2) is 74.7 Å². The van der Waals surface area contributed by atoms with Crippen molar-refractivity contribution < 1.29 is 29.3 Å². The van der Waals surface area contributed by atoms with Gasteiger partial charge in [0, 0.05) is 13.1 Å². The molecule has 0 aliphatic carbocycles. The summed E-state index contributed by atoms with van der Waals surface area (Å²) >= 11 is 0. The van der Waals surface area contributed by atoms with Gasteiger partial charge < -0.3 is 24.7 Å². The van der Waals surface area contributed by atoms with E-state index < -0.39 is 53.6 Å². The Hall–Kier alpha value is -2.71. The van der Waals surface area contributed by atoms with E-state index in [0.717, 1.165) is 19.3 Å². The summed E-state index contributed by atoms with van der Waals surface area (Å²) in [6.07, 6.45) is 5.30. The fourth-order valence-electron chi connectivity index (χ4n) is 6.56. The maximum Gasteiger partial charge on any atom is 0.310 e. The van der Waals surface area contributed by atoms with Gasteiger partial charge in [0.25, 0.3) is 0 Å². The standard InChI is InChI=1S/C27H36N2O6/c1-4-6-10-16-28(15-5-2)24(32)22-27-14-13-26(3,35-27)21(25(33)34)20(27)23(31)29(22)19(17-30)18-11-8-7-9-12-18/h5,7-9,11-12,19-22,30H,2,4,6,10,13-17H2,1,3H3,(H,33,34)/t19-,20+,21+,22?,26-,27?/m1/s1. The maximum atomic E-state index is 14.2. The molecule has 8 heteroatoms. The number of rotatable bonds is 11. The number of unbranched alkanes of at least 4 members (excludes halogenated alkanes) is 2. The highest BCUT2D eigenvalue weighted by Gasteiger charge is 2.78. The SMILES string of the molecule is C=CCN(CCCCC)C(=O)C1N([C@H](CO)c2ccccc2)C(=O)[C@@H]2[C@@H](C(=O)O)[C@@]3(C)CCC12O3. The Morgan fingerprint density at radius 3 is 2.60 bits per heavy atom. The third-order valence-corrected chi connectivity index (χ3v) is 8.10. The molecule has 0 radical (unpaired) electrons. The van der Waals surface area contributed by atoms with Crippen molar-refractivity contribution in [3.63, 3.8) is 0 Å². The Bertz CT molecular complexity index is 983. The number of aliphatic hydroxyl groups is 1. The summed E-state index contributed by atoms with van der Waals surface area (Å²) in [5.74, 6) is -3.83. The summed E-state index contributed by atoms with van der Waals surface area (Å²) in [6, 6.07) is 7.26. The molecular formula is C27H36N2O6. The fraction of sp³-hybridized carbons (Fsp3) is 0.593. The first-order chi connectivity index (χ1) is 16.8. The van der Waals surface area contributed by atoms with Crippen LogP contribution in [0.25, 0.3) is 0 Å². The van der Waals surface area contributed by atoms with Crippen LogP contribution >= 0.6 is 0 Å². The van der Waals surface area contributed by atoms with Crippen LogP contribution in [0.3, 0.4) is 0 Å². The summed E-state index contributed by atoms with van der Waals surface area (Å²) < 4.78 is 6.47. The van der Waals surface area contributed by atoms with Crippen LogP contribution in [0.5, 0.6) is 0 Å². The molecule has 3 aliphatic heterocycles.